The van der Waals surface area contributed by atoms with Crippen LogP contribution >= 0.6 is 0 Å². The summed E-state index contributed by atoms with van der Waals surface area (Å²) in [4.78, 5) is 13.0. The first kappa shape index (κ1) is 13.0. The second kappa shape index (κ2) is 5.46. The Morgan fingerprint density at radius 2 is 2.00 bits per heavy atom. The maximum atomic E-state index is 11.0. The molecule has 0 saturated carbocycles. The van der Waals surface area contributed by atoms with Gasteiger partial charge in [-0.1, -0.05) is 6.07 Å². The average molecular weight is 249 g/mol. The summed E-state index contributed by atoms with van der Waals surface area (Å²) in [6, 6.07) is 3.71. The van der Waals surface area contributed by atoms with Gasteiger partial charge in [0, 0.05) is 44.4 Å². The van der Waals surface area contributed by atoms with E-state index in [1.165, 1.54) is 0 Å². The van der Waals surface area contributed by atoms with Crippen molar-refractivity contribution >= 4 is 5.69 Å². The molecule has 18 heavy (non-hydrogen) atoms. The van der Waals surface area contributed by atoms with Crippen molar-refractivity contribution in [3.05, 3.63) is 38.9 Å². The van der Waals surface area contributed by atoms with Crippen LogP contribution in [0.4, 0.5) is 5.69 Å². The third-order valence-electron chi connectivity index (χ3n) is 3.43. The predicted octanol–water partition coefficient (Wildman–Crippen LogP) is 1.62. The van der Waals surface area contributed by atoms with Crippen molar-refractivity contribution in [2.24, 2.45) is 0 Å². The highest BCUT2D eigenvalue weighted by Gasteiger charge is 2.17. The number of nitro groups is 1. The SMILES string of the molecule is Cc1cc(CN2CCNCC2)c(C)c([N+](=O)[O-])c1. The molecule has 5 heteroatoms. The maximum absolute atomic E-state index is 11.0. The highest BCUT2D eigenvalue weighted by Crippen LogP contribution is 2.24. The smallest absolute Gasteiger partial charge is 0.272 e. The molecule has 0 aliphatic carbocycles. The number of hydrogen-bond acceptors (Lipinski definition) is 4. The number of benzene rings is 1. The lowest BCUT2D eigenvalue weighted by molar-refractivity contribution is -0.385. The van der Waals surface area contributed by atoms with Gasteiger partial charge in [-0.15, -0.1) is 0 Å². The van der Waals surface area contributed by atoms with Gasteiger partial charge in [0.1, 0.15) is 0 Å². The van der Waals surface area contributed by atoms with Gasteiger partial charge in [0.2, 0.25) is 0 Å². The first-order chi connectivity index (χ1) is 8.58. The zero-order valence-corrected chi connectivity index (χ0v) is 10.9. The second-order valence-corrected chi connectivity index (χ2v) is 4.85. The van der Waals surface area contributed by atoms with Crippen LogP contribution in [-0.4, -0.2) is 36.0 Å². The molecule has 1 heterocycles. The van der Waals surface area contributed by atoms with E-state index < -0.39 is 0 Å². The van der Waals surface area contributed by atoms with Crippen LogP contribution in [-0.2, 0) is 6.54 Å². The third kappa shape index (κ3) is 2.86. The van der Waals surface area contributed by atoms with E-state index in [-0.39, 0.29) is 10.6 Å². The normalized spacial score (nSPS) is 16.8. The Morgan fingerprint density at radius 1 is 1.33 bits per heavy atom. The van der Waals surface area contributed by atoms with Gasteiger partial charge in [-0.05, 0) is 25.0 Å². The van der Waals surface area contributed by atoms with E-state index in [2.05, 4.69) is 16.3 Å². The zero-order valence-electron chi connectivity index (χ0n) is 10.9. The summed E-state index contributed by atoms with van der Waals surface area (Å²) in [5.41, 5.74) is 3.06. The molecule has 1 aliphatic heterocycles. The fourth-order valence-corrected chi connectivity index (χ4v) is 2.38. The van der Waals surface area contributed by atoms with Crippen molar-refractivity contribution in [2.45, 2.75) is 20.4 Å². The maximum Gasteiger partial charge on any atom is 0.272 e. The van der Waals surface area contributed by atoms with E-state index in [1.807, 2.05) is 13.8 Å². The van der Waals surface area contributed by atoms with Crippen molar-refractivity contribution in [1.82, 2.24) is 10.2 Å². The molecule has 0 unspecified atom stereocenters. The zero-order chi connectivity index (χ0) is 13.1. The molecule has 0 radical (unpaired) electrons. The highest BCUT2D eigenvalue weighted by molar-refractivity contribution is 5.47. The van der Waals surface area contributed by atoms with Gasteiger partial charge in [0.25, 0.3) is 5.69 Å². The minimum absolute atomic E-state index is 0.236. The van der Waals surface area contributed by atoms with Crippen molar-refractivity contribution in [2.75, 3.05) is 26.2 Å². The Hall–Kier alpha value is -1.46. The molecule has 0 spiro atoms. The summed E-state index contributed by atoms with van der Waals surface area (Å²) in [5.74, 6) is 0. The van der Waals surface area contributed by atoms with E-state index >= 15 is 0 Å². The Labute approximate surface area is 107 Å². The molecule has 1 aromatic carbocycles. The van der Waals surface area contributed by atoms with Crippen LogP contribution in [0.2, 0.25) is 0 Å². The van der Waals surface area contributed by atoms with Crippen molar-refractivity contribution < 1.29 is 4.92 Å². The summed E-state index contributed by atoms with van der Waals surface area (Å²) >= 11 is 0. The number of nitrogens with one attached hydrogen (secondary N) is 1. The Bertz CT molecular complexity index is 454. The van der Waals surface area contributed by atoms with Gasteiger partial charge in [0.15, 0.2) is 0 Å². The number of nitrogens with zero attached hydrogens (tertiary/aromatic N) is 2. The van der Waals surface area contributed by atoms with Gasteiger partial charge in [-0.2, -0.15) is 0 Å². The summed E-state index contributed by atoms with van der Waals surface area (Å²) in [5, 5.41) is 14.3. The molecule has 0 amide bonds. The van der Waals surface area contributed by atoms with E-state index in [0.717, 1.165) is 49.4 Å². The predicted molar refractivity (Wildman–Crippen MR) is 70.7 cm³/mol. The standard InChI is InChI=1S/C13H19N3O2/c1-10-7-12(9-15-5-3-14-4-6-15)11(2)13(8-10)16(17)18/h7-8,14H,3-6,9H2,1-2H3. The van der Waals surface area contributed by atoms with Gasteiger partial charge < -0.3 is 5.32 Å². The topological polar surface area (TPSA) is 58.4 Å². The highest BCUT2D eigenvalue weighted by atomic mass is 16.6. The Kier molecular flexibility index (Phi) is 3.93. The first-order valence-corrected chi connectivity index (χ1v) is 6.25. The fraction of sp³-hybridized carbons (Fsp3) is 0.538. The monoisotopic (exact) mass is 249 g/mol. The number of hydrogen-bond donors (Lipinski definition) is 1. The molecule has 0 atom stereocenters. The summed E-state index contributed by atoms with van der Waals surface area (Å²) < 4.78 is 0. The lowest BCUT2D eigenvalue weighted by Gasteiger charge is -2.27. The van der Waals surface area contributed by atoms with Gasteiger partial charge in [0.05, 0.1) is 4.92 Å². The largest absolute Gasteiger partial charge is 0.314 e. The Balaban J connectivity index is 2.23. The van der Waals surface area contributed by atoms with Crippen LogP contribution in [0, 0.1) is 24.0 Å². The molecule has 1 saturated heterocycles. The summed E-state index contributed by atoms with van der Waals surface area (Å²) in [6.45, 7) is 8.54. The summed E-state index contributed by atoms with van der Waals surface area (Å²) in [7, 11) is 0. The van der Waals surface area contributed by atoms with Crippen molar-refractivity contribution in [3.63, 3.8) is 0 Å². The van der Waals surface area contributed by atoms with Gasteiger partial charge in [-0.3, -0.25) is 15.0 Å². The van der Waals surface area contributed by atoms with Crippen LogP contribution in [0.25, 0.3) is 0 Å². The summed E-state index contributed by atoms with van der Waals surface area (Å²) in [6.07, 6.45) is 0. The van der Waals surface area contributed by atoms with E-state index in [1.54, 1.807) is 6.07 Å². The Morgan fingerprint density at radius 3 is 2.61 bits per heavy atom. The van der Waals surface area contributed by atoms with Crippen LogP contribution in [0.15, 0.2) is 12.1 Å². The molecular weight excluding hydrogens is 230 g/mol. The number of rotatable bonds is 3. The number of aryl methyl sites for hydroxylation is 1. The van der Waals surface area contributed by atoms with Crippen molar-refractivity contribution in [1.29, 1.82) is 0 Å². The molecule has 0 bridgehead atoms. The molecule has 1 fully saturated rings. The minimum Gasteiger partial charge on any atom is -0.314 e. The minimum atomic E-state index is -0.288. The molecule has 98 valence electrons. The van der Waals surface area contributed by atoms with E-state index in [9.17, 15) is 10.1 Å². The van der Waals surface area contributed by atoms with Gasteiger partial charge >= 0.3 is 0 Å². The quantitative estimate of drug-likeness (QED) is 0.653. The molecule has 0 aromatic heterocycles. The van der Waals surface area contributed by atoms with Crippen LogP contribution in [0.1, 0.15) is 16.7 Å². The van der Waals surface area contributed by atoms with Gasteiger partial charge in [-0.25, -0.2) is 0 Å². The van der Waals surface area contributed by atoms with Crippen molar-refractivity contribution in [3.8, 4) is 0 Å². The third-order valence-corrected chi connectivity index (χ3v) is 3.43. The second-order valence-electron chi connectivity index (χ2n) is 4.85. The van der Waals surface area contributed by atoms with Crippen LogP contribution in [0.3, 0.4) is 0 Å². The fourth-order valence-electron chi connectivity index (χ4n) is 2.38. The lowest BCUT2D eigenvalue weighted by Crippen LogP contribution is -2.43. The number of piperazine rings is 1. The van der Waals surface area contributed by atoms with E-state index in [4.69, 9.17) is 0 Å². The molecule has 1 aliphatic rings. The molecule has 5 nitrogen and oxygen atoms in total. The van der Waals surface area contributed by atoms with Crippen LogP contribution in [0.5, 0.6) is 0 Å². The molecule has 1 N–H and O–H groups in total. The molecular formula is C13H19N3O2. The lowest BCUT2D eigenvalue weighted by atomic mass is 10.0. The molecule has 1 aromatic rings. The average Bonchev–Trinajstić information content (AvgIpc) is 2.34. The van der Waals surface area contributed by atoms with E-state index in [0.29, 0.717) is 0 Å². The molecule has 2 rings (SSSR count). The van der Waals surface area contributed by atoms with Crippen LogP contribution < -0.4 is 5.32 Å². The number of nitro benzene ring substituents is 1. The first-order valence-electron chi connectivity index (χ1n) is 6.25.